The first-order chi connectivity index (χ1) is 13.7. The number of aryl methyl sites for hydroxylation is 1. The van der Waals surface area contributed by atoms with Gasteiger partial charge in [0.1, 0.15) is 12.0 Å². The van der Waals surface area contributed by atoms with Crippen LogP contribution < -0.4 is 10.6 Å². The van der Waals surface area contributed by atoms with Gasteiger partial charge in [-0.15, -0.1) is 0 Å². The summed E-state index contributed by atoms with van der Waals surface area (Å²) in [6.07, 6.45) is 3.50. The van der Waals surface area contributed by atoms with E-state index in [-0.39, 0.29) is 18.4 Å². The molecule has 1 saturated heterocycles. The third-order valence-electron chi connectivity index (χ3n) is 5.53. The molecule has 0 unspecified atom stereocenters. The van der Waals surface area contributed by atoms with Gasteiger partial charge in [-0.2, -0.15) is 0 Å². The molecule has 0 aliphatic carbocycles. The minimum atomic E-state index is -0.0422. The summed E-state index contributed by atoms with van der Waals surface area (Å²) in [7, 11) is 0. The molecule has 7 nitrogen and oxygen atoms in total. The fourth-order valence-electron chi connectivity index (χ4n) is 3.96. The SMILES string of the molecule is NCc1cc(C(=O)N2CCN(CC(=O)N3CCCc4ccccc43)CC2)co1. The number of benzene rings is 1. The summed E-state index contributed by atoms with van der Waals surface area (Å²) in [5.41, 5.74) is 8.36. The Morgan fingerprint density at radius 1 is 1.07 bits per heavy atom. The van der Waals surface area contributed by atoms with Crippen molar-refractivity contribution in [3.05, 3.63) is 53.5 Å². The van der Waals surface area contributed by atoms with Gasteiger partial charge in [0.2, 0.25) is 5.91 Å². The van der Waals surface area contributed by atoms with Crippen LogP contribution in [-0.2, 0) is 17.8 Å². The Morgan fingerprint density at radius 3 is 2.61 bits per heavy atom. The molecule has 2 aliphatic rings. The number of piperazine rings is 1. The van der Waals surface area contributed by atoms with Crippen LogP contribution in [0.2, 0.25) is 0 Å². The monoisotopic (exact) mass is 382 g/mol. The molecule has 28 heavy (non-hydrogen) atoms. The van der Waals surface area contributed by atoms with Crippen LogP contribution in [0.4, 0.5) is 5.69 Å². The van der Waals surface area contributed by atoms with Crippen LogP contribution in [0.15, 0.2) is 41.0 Å². The zero-order valence-electron chi connectivity index (χ0n) is 16.0. The molecule has 0 atom stereocenters. The van der Waals surface area contributed by atoms with Gasteiger partial charge in [-0.05, 0) is 30.5 Å². The fourth-order valence-corrected chi connectivity index (χ4v) is 3.96. The van der Waals surface area contributed by atoms with Crippen molar-refractivity contribution < 1.29 is 14.0 Å². The Balaban J connectivity index is 1.32. The molecule has 7 heteroatoms. The van der Waals surface area contributed by atoms with Crippen LogP contribution in [0, 0.1) is 0 Å². The van der Waals surface area contributed by atoms with Gasteiger partial charge in [-0.25, -0.2) is 0 Å². The second kappa shape index (κ2) is 8.16. The Bertz CT molecular complexity index is 855. The number of carbonyl (C=O) groups is 2. The van der Waals surface area contributed by atoms with E-state index in [0.717, 1.165) is 25.1 Å². The van der Waals surface area contributed by atoms with Crippen LogP contribution in [0.25, 0.3) is 0 Å². The number of hydrogen-bond donors (Lipinski definition) is 1. The predicted octanol–water partition coefficient (Wildman–Crippen LogP) is 1.48. The van der Waals surface area contributed by atoms with Gasteiger partial charge in [-0.3, -0.25) is 14.5 Å². The maximum atomic E-state index is 12.9. The van der Waals surface area contributed by atoms with Crippen molar-refractivity contribution in [2.24, 2.45) is 5.73 Å². The molecule has 2 aromatic rings. The summed E-state index contributed by atoms with van der Waals surface area (Å²) < 4.78 is 5.26. The highest BCUT2D eigenvalue weighted by Crippen LogP contribution is 2.26. The van der Waals surface area contributed by atoms with Crippen molar-refractivity contribution in [2.75, 3.05) is 44.2 Å². The van der Waals surface area contributed by atoms with E-state index in [9.17, 15) is 9.59 Å². The number of nitrogens with two attached hydrogens (primary N) is 1. The normalized spacial score (nSPS) is 17.5. The second-order valence-electron chi connectivity index (χ2n) is 7.35. The first-order valence-corrected chi connectivity index (χ1v) is 9.83. The van der Waals surface area contributed by atoms with Crippen molar-refractivity contribution in [2.45, 2.75) is 19.4 Å². The van der Waals surface area contributed by atoms with Gasteiger partial charge in [0.25, 0.3) is 5.91 Å². The first kappa shape index (κ1) is 18.7. The molecule has 0 radical (unpaired) electrons. The number of rotatable bonds is 4. The molecular weight excluding hydrogens is 356 g/mol. The molecule has 2 amide bonds. The van der Waals surface area contributed by atoms with Crippen LogP contribution in [-0.4, -0.2) is 60.9 Å². The van der Waals surface area contributed by atoms with Crippen LogP contribution in [0.3, 0.4) is 0 Å². The van der Waals surface area contributed by atoms with Crippen LogP contribution in [0.5, 0.6) is 0 Å². The summed E-state index contributed by atoms with van der Waals surface area (Å²) in [5, 5.41) is 0. The predicted molar refractivity (Wildman–Crippen MR) is 106 cm³/mol. The molecule has 0 bridgehead atoms. The lowest BCUT2D eigenvalue weighted by molar-refractivity contribution is -0.120. The van der Waals surface area contributed by atoms with E-state index in [4.69, 9.17) is 10.2 Å². The number of anilines is 1. The topological polar surface area (TPSA) is 83.0 Å². The van der Waals surface area contributed by atoms with E-state index in [1.807, 2.05) is 28.0 Å². The van der Waals surface area contributed by atoms with E-state index in [0.29, 0.717) is 44.0 Å². The summed E-state index contributed by atoms with van der Waals surface area (Å²) in [6, 6.07) is 9.85. The fraction of sp³-hybridized carbons (Fsp3) is 0.429. The summed E-state index contributed by atoms with van der Waals surface area (Å²) in [6.45, 7) is 4.03. The largest absolute Gasteiger partial charge is 0.467 e. The molecule has 2 aliphatic heterocycles. The van der Waals surface area contributed by atoms with Crippen LogP contribution in [0.1, 0.15) is 28.1 Å². The van der Waals surface area contributed by atoms with Crippen molar-refractivity contribution in [1.82, 2.24) is 9.80 Å². The molecule has 3 heterocycles. The number of amides is 2. The number of fused-ring (bicyclic) bond motifs is 1. The molecule has 2 N–H and O–H groups in total. The highest BCUT2D eigenvalue weighted by Gasteiger charge is 2.27. The number of hydrogen-bond acceptors (Lipinski definition) is 5. The third-order valence-corrected chi connectivity index (χ3v) is 5.53. The number of nitrogens with zero attached hydrogens (tertiary/aromatic N) is 3. The maximum absolute atomic E-state index is 12.9. The standard InChI is InChI=1S/C21H26N4O3/c22-13-18-12-17(15-28-18)21(27)24-10-8-23(9-11-24)14-20(26)25-7-3-5-16-4-1-2-6-19(16)25/h1-2,4,6,12,15H,3,5,7-11,13-14,22H2. The minimum Gasteiger partial charge on any atom is -0.467 e. The van der Waals surface area contributed by atoms with E-state index in [2.05, 4.69) is 11.0 Å². The average molecular weight is 382 g/mol. The molecule has 0 saturated carbocycles. The van der Waals surface area contributed by atoms with Gasteiger partial charge in [0.05, 0.1) is 18.7 Å². The summed E-state index contributed by atoms with van der Waals surface area (Å²) in [4.78, 5) is 31.3. The van der Waals surface area contributed by atoms with Gasteiger partial charge in [-0.1, -0.05) is 18.2 Å². The molecular formula is C21H26N4O3. The van der Waals surface area contributed by atoms with Crippen LogP contribution >= 0.6 is 0 Å². The van der Waals surface area contributed by atoms with E-state index in [1.165, 1.54) is 11.8 Å². The zero-order chi connectivity index (χ0) is 19.5. The lowest BCUT2D eigenvalue weighted by atomic mass is 10.0. The highest BCUT2D eigenvalue weighted by atomic mass is 16.3. The quantitative estimate of drug-likeness (QED) is 0.866. The van der Waals surface area contributed by atoms with Gasteiger partial charge in [0.15, 0.2) is 0 Å². The molecule has 0 spiro atoms. The Kier molecular flexibility index (Phi) is 5.45. The van der Waals surface area contributed by atoms with Crippen molar-refractivity contribution in [3.8, 4) is 0 Å². The summed E-state index contributed by atoms with van der Waals surface area (Å²) in [5.74, 6) is 0.697. The maximum Gasteiger partial charge on any atom is 0.257 e. The molecule has 1 aromatic carbocycles. The average Bonchev–Trinajstić information content (AvgIpc) is 3.22. The third kappa shape index (κ3) is 3.81. The van der Waals surface area contributed by atoms with E-state index < -0.39 is 0 Å². The van der Waals surface area contributed by atoms with Crippen molar-refractivity contribution in [1.29, 1.82) is 0 Å². The molecule has 4 rings (SSSR count). The van der Waals surface area contributed by atoms with Gasteiger partial charge < -0.3 is 20.0 Å². The molecule has 148 valence electrons. The molecule has 1 aromatic heterocycles. The lowest BCUT2D eigenvalue weighted by Crippen LogP contribution is -2.52. The van der Waals surface area contributed by atoms with Crippen molar-refractivity contribution in [3.63, 3.8) is 0 Å². The van der Waals surface area contributed by atoms with E-state index >= 15 is 0 Å². The van der Waals surface area contributed by atoms with Gasteiger partial charge >= 0.3 is 0 Å². The van der Waals surface area contributed by atoms with Crippen molar-refractivity contribution >= 4 is 17.5 Å². The number of carbonyl (C=O) groups excluding carboxylic acids is 2. The van der Waals surface area contributed by atoms with E-state index in [1.54, 1.807) is 6.07 Å². The smallest absolute Gasteiger partial charge is 0.257 e. The number of para-hydroxylation sites is 1. The summed E-state index contributed by atoms with van der Waals surface area (Å²) >= 11 is 0. The Hall–Kier alpha value is -2.64. The molecule has 1 fully saturated rings. The Morgan fingerprint density at radius 2 is 1.86 bits per heavy atom. The zero-order valence-corrected chi connectivity index (χ0v) is 16.0. The minimum absolute atomic E-state index is 0.0422. The van der Waals surface area contributed by atoms with Gasteiger partial charge in [0, 0.05) is 38.4 Å². The second-order valence-corrected chi connectivity index (χ2v) is 7.35. The Labute approximate surface area is 164 Å². The number of furan rings is 1. The lowest BCUT2D eigenvalue weighted by Gasteiger charge is -2.36. The highest BCUT2D eigenvalue weighted by molar-refractivity contribution is 5.96. The first-order valence-electron chi connectivity index (χ1n) is 9.83.